The van der Waals surface area contributed by atoms with Gasteiger partial charge in [0.05, 0.1) is 19.6 Å². The summed E-state index contributed by atoms with van der Waals surface area (Å²) in [5, 5.41) is 0. The Morgan fingerprint density at radius 2 is 1.58 bits per heavy atom. The number of methoxy groups -OCH3 is 1. The van der Waals surface area contributed by atoms with E-state index in [1.54, 1.807) is 33.8 Å². The van der Waals surface area contributed by atoms with Crippen LogP contribution in [0.15, 0.2) is 18.2 Å². The molecule has 0 amide bonds. The molecule has 172 valence electrons. The molecular formula is C22H31NO8. The third-order valence-corrected chi connectivity index (χ3v) is 4.41. The molecule has 0 heterocycles. The van der Waals surface area contributed by atoms with Crippen molar-refractivity contribution in [3.05, 3.63) is 23.8 Å². The number of hydrogen-bond donors (Lipinski definition) is 1. The molecule has 0 fully saturated rings. The van der Waals surface area contributed by atoms with Crippen LogP contribution >= 0.6 is 0 Å². The summed E-state index contributed by atoms with van der Waals surface area (Å²) < 4.78 is 20.5. The van der Waals surface area contributed by atoms with Crippen molar-refractivity contribution in [1.29, 1.82) is 0 Å². The first-order chi connectivity index (χ1) is 14.6. The van der Waals surface area contributed by atoms with Gasteiger partial charge in [0, 0.05) is 25.7 Å². The van der Waals surface area contributed by atoms with E-state index >= 15 is 0 Å². The summed E-state index contributed by atoms with van der Waals surface area (Å²) in [4.78, 5) is 47.5. The zero-order chi connectivity index (χ0) is 23.6. The lowest BCUT2D eigenvalue weighted by atomic mass is 9.88. The first kappa shape index (κ1) is 26.1. The summed E-state index contributed by atoms with van der Waals surface area (Å²) in [5.74, 6) is -2.26. The van der Waals surface area contributed by atoms with Crippen LogP contribution in [-0.4, -0.2) is 43.1 Å². The zero-order valence-electron chi connectivity index (χ0n) is 18.7. The van der Waals surface area contributed by atoms with Crippen molar-refractivity contribution in [2.75, 3.05) is 13.7 Å². The van der Waals surface area contributed by atoms with Crippen molar-refractivity contribution >= 4 is 23.9 Å². The van der Waals surface area contributed by atoms with Crippen molar-refractivity contribution in [3.8, 4) is 11.5 Å². The first-order valence-corrected chi connectivity index (χ1v) is 10.1. The molecule has 9 heteroatoms. The van der Waals surface area contributed by atoms with Crippen LogP contribution in [0.3, 0.4) is 0 Å². The second-order valence-electron chi connectivity index (χ2n) is 7.33. The van der Waals surface area contributed by atoms with Crippen LogP contribution in [-0.2, 0) is 35.1 Å². The predicted octanol–water partition coefficient (Wildman–Crippen LogP) is 2.32. The smallest absolute Gasteiger partial charge is 0.326 e. The maximum absolute atomic E-state index is 12.4. The molecule has 0 spiro atoms. The molecule has 0 aliphatic rings. The quantitative estimate of drug-likeness (QED) is 0.409. The molecule has 2 N–H and O–H groups in total. The minimum atomic E-state index is -1.49. The Hall–Kier alpha value is -2.94. The van der Waals surface area contributed by atoms with Gasteiger partial charge in [0.15, 0.2) is 11.5 Å². The molecule has 0 aliphatic carbocycles. The monoisotopic (exact) mass is 437 g/mol. The number of carbonyl (C=O) groups is 4. The van der Waals surface area contributed by atoms with Gasteiger partial charge in [-0.1, -0.05) is 33.8 Å². The Balaban J connectivity index is 3.13. The summed E-state index contributed by atoms with van der Waals surface area (Å²) >= 11 is 0. The van der Waals surface area contributed by atoms with Crippen molar-refractivity contribution in [3.63, 3.8) is 0 Å². The summed E-state index contributed by atoms with van der Waals surface area (Å²) in [6.07, 6.45) is 0.300. The highest BCUT2D eigenvalue weighted by Gasteiger charge is 2.36. The van der Waals surface area contributed by atoms with Crippen molar-refractivity contribution < 1.29 is 38.1 Å². The molecular weight excluding hydrogens is 406 g/mol. The molecule has 31 heavy (non-hydrogen) atoms. The predicted molar refractivity (Wildman–Crippen MR) is 111 cm³/mol. The molecule has 0 bridgehead atoms. The number of ether oxygens (including phenoxy) is 4. The first-order valence-electron chi connectivity index (χ1n) is 10.1. The average Bonchev–Trinajstić information content (AvgIpc) is 2.74. The highest BCUT2D eigenvalue weighted by Crippen LogP contribution is 2.31. The normalized spacial score (nSPS) is 12.6. The summed E-state index contributed by atoms with van der Waals surface area (Å²) in [5.41, 5.74) is 5.36. The van der Waals surface area contributed by atoms with Crippen LogP contribution in [0.2, 0.25) is 0 Å². The van der Waals surface area contributed by atoms with E-state index in [2.05, 4.69) is 0 Å². The third kappa shape index (κ3) is 8.01. The van der Waals surface area contributed by atoms with Gasteiger partial charge in [-0.3, -0.25) is 19.2 Å². The number of nitrogens with two attached hydrogens (primary N) is 1. The van der Waals surface area contributed by atoms with Gasteiger partial charge < -0.3 is 24.7 Å². The van der Waals surface area contributed by atoms with Crippen LogP contribution in [0.25, 0.3) is 0 Å². The van der Waals surface area contributed by atoms with Crippen molar-refractivity contribution in [1.82, 2.24) is 0 Å². The molecule has 0 unspecified atom stereocenters. The maximum atomic E-state index is 12.4. The molecule has 1 rings (SSSR count). The molecule has 1 aromatic rings. The van der Waals surface area contributed by atoms with Crippen LogP contribution in [0.5, 0.6) is 11.5 Å². The summed E-state index contributed by atoms with van der Waals surface area (Å²) in [7, 11) is 1.21. The molecule has 9 nitrogen and oxygen atoms in total. The van der Waals surface area contributed by atoms with E-state index in [1.807, 2.05) is 0 Å². The largest absolute Gasteiger partial charge is 0.468 e. The fourth-order valence-corrected chi connectivity index (χ4v) is 2.55. The lowest BCUT2D eigenvalue weighted by molar-refractivity contribution is -0.152. The van der Waals surface area contributed by atoms with Gasteiger partial charge in [-0.25, -0.2) is 0 Å². The van der Waals surface area contributed by atoms with Gasteiger partial charge in [0.25, 0.3) is 0 Å². The number of carbonyl (C=O) groups excluding carboxylic acids is 4. The van der Waals surface area contributed by atoms with E-state index in [1.165, 1.54) is 19.2 Å². The Bertz CT molecular complexity index is 805. The molecule has 1 aromatic carbocycles. The zero-order valence-corrected chi connectivity index (χ0v) is 18.7. The molecule has 0 aliphatic heterocycles. The van der Waals surface area contributed by atoms with Crippen LogP contribution < -0.4 is 15.2 Å². The van der Waals surface area contributed by atoms with Gasteiger partial charge in [-0.15, -0.1) is 0 Å². The van der Waals surface area contributed by atoms with Gasteiger partial charge in [-0.2, -0.15) is 0 Å². The number of rotatable bonds is 11. The van der Waals surface area contributed by atoms with E-state index in [9.17, 15) is 19.2 Å². The number of esters is 4. The Morgan fingerprint density at radius 3 is 2.10 bits per heavy atom. The molecule has 0 saturated carbocycles. The van der Waals surface area contributed by atoms with Gasteiger partial charge in [0.2, 0.25) is 0 Å². The van der Waals surface area contributed by atoms with Gasteiger partial charge in [0.1, 0.15) is 5.54 Å². The highest BCUT2D eigenvalue weighted by molar-refractivity contribution is 5.81. The number of benzene rings is 1. The van der Waals surface area contributed by atoms with Crippen LogP contribution in [0, 0.1) is 5.92 Å². The number of hydrogen-bond acceptors (Lipinski definition) is 9. The summed E-state index contributed by atoms with van der Waals surface area (Å²) in [6, 6.07) is 4.56. The molecule has 0 aromatic heterocycles. The standard InChI is InChI=1S/C22H31NO8/c1-6-18(24)30-16-9-8-15(12-17(16)31-19(25)7-2)13-22(23,21(27)28-5)10-11-29-20(26)14(3)4/h8-9,12,14H,6-7,10-11,13,23H2,1-5H3/t22-/m1/s1. The second kappa shape index (κ2) is 12.0. The minimum absolute atomic E-state index is 0.0115. The molecule has 1 atom stereocenters. The molecule has 0 radical (unpaired) electrons. The van der Waals surface area contributed by atoms with Crippen molar-refractivity contribution in [2.24, 2.45) is 11.7 Å². The average molecular weight is 437 g/mol. The molecule has 0 saturated heterocycles. The van der Waals surface area contributed by atoms with E-state index in [4.69, 9.17) is 24.7 Å². The third-order valence-electron chi connectivity index (χ3n) is 4.41. The lowest BCUT2D eigenvalue weighted by Crippen LogP contribution is -2.51. The van der Waals surface area contributed by atoms with E-state index in [-0.39, 0.29) is 49.7 Å². The second-order valence-corrected chi connectivity index (χ2v) is 7.33. The highest BCUT2D eigenvalue weighted by atomic mass is 16.6. The maximum Gasteiger partial charge on any atom is 0.326 e. The summed E-state index contributed by atoms with van der Waals surface area (Å²) in [6.45, 7) is 6.60. The van der Waals surface area contributed by atoms with E-state index in [0.29, 0.717) is 5.56 Å². The van der Waals surface area contributed by atoms with Crippen LogP contribution in [0.1, 0.15) is 52.5 Å². The van der Waals surface area contributed by atoms with Gasteiger partial charge in [-0.05, 0) is 17.7 Å². The Labute approximate surface area is 182 Å². The lowest BCUT2D eigenvalue weighted by Gasteiger charge is -2.27. The fourth-order valence-electron chi connectivity index (χ4n) is 2.55. The van der Waals surface area contributed by atoms with Crippen LogP contribution in [0.4, 0.5) is 0 Å². The SMILES string of the molecule is CCC(=O)Oc1ccc(C[C@](N)(CCOC(=O)C(C)C)C(=O)OC)cc1OC(=O)CC. The minimum Gasteiger partial charge on any atom is -0.468 e. The van der Waals surface area contributed by atoms with E-state index < -0.39 is 29.4 Å². The Morgan fingerprint density at radius 1 is 1.00 bits per heavy atom. The Kier molecular flexibility index (Phi) is 10.1. The van der Waals surface area contributed by atoms with Crippen molar-refractivity contribution in [2.45, 2.75) is 58.9 Å². The topological polar surface area (TPSA) is 131 Å². The fraction of sp³-hybridized carbons (Fsp3) is 0.545. The van der Waals surface area contributed by atoms with Gasteiger partial charge >= 0.3 is 23.9 Å². The van der Waals surface area contributed by atoms with E-state index in [0.717, 1.165) is 0 Å².